The number of nitrogens with one attached hydrogen (secondary N) is 1. The van der Waals surface area contributed by atoms with E-state index in [2.05, 4.69) is 10.3 Å². The summed E-state index contributed by atoms with van der Waals surface area (Å²) in [5.41, 5.74) is 8.16. The zero-order valence-corrected chi connectivity index (χ0v) is 22.1. The van der Waals surface area contributed by atoms with Gasteiger partial charge in [0.25, 0.3) is 5.91 Å². The molecular weight excluding hydrogens is 511 g/mol. The van der Waals surface area contributed by atoms with Gasteiger partial charge in [0.1, 0.15) is 28.9 Å². The van der Waals surface area contributed by atoms with Crippen molar-refractivity contribution in [3.8, 4) is 16.9 Å². The molecule has 38 heavy (non-hydrogen) atoms. The number of rotatable bonds is 6. The summed E-state index contributed by atoms with van der Waals surface area (Å²) in [6, 6.07) is 10.9. The zero-order valence-electron chi connectivity index (χ0n) is 21.3. The Morgan fingerprint density at radius 2 is 1.92 bits per heavy atom. The van der Waals surface area contributed by atoms with E-state index in [4.69, 9.17) is 10.5 Å². The summed E-state index contributed by atoms with van der Waals surface area (Å²) >= 11 is 0. The molecule has 1 aliphatic heterocycles. The first-order valence-electron chi connectivity index (χ1n) is 12.1. The number of hydrogen-bond acceptors (Lipinski definition) is 7. The molecule has 0 spiro atoms. The van der Waals surface area contributed by atoms with E-state index >= 15 is 4.39 Å². The van der Waals surface area contributed by atoms with Crippen molar-refractivity contribution in [3.63, 3.8) is 0 Å². The fraction of sp³-hybridized carbons (Fsp3) is 0.296. The van der Waals surface area contributed by atoms with Crippen molar-refractivity contribution < 1.29 is 27.1 Å². The molecule has 4 rings (SSSR count). The Balaban J connectivity index is 1.60. The highest BCUT2D eigenvalue weighted by Gasteiger charge is 2.27. The lowest BCUT2D eigenvalue weighted by atomic mass is 10.0. The van der Waals surface area contributed by atoms with Crippen LogP contribution >= 0.6 is 0 Å². The highest BCUT2D eigenvalue weighted by Crippen LogP contribution is 2.31. The minimum Gasteiger partial charge on any atom is -0.491 e. The molecule has 0 bridgehead atoms. The molecule has 1 aliphatic rings. The van der Waals surface area contributed by atoms with Crippen molar-refractivity contribution in [3.05, 3.63) is 71.2 Å². The molecule has 200 valence electrons. The molecule has 0 aliphatic carbocycles. The van der Waals surface area contributed by atoms with Gasteiger partial charge in [-0.25, -0.2) is 17.8 Å². The van der Waals surface area contributed by atoms with E-state index in [0.717, 1.165) is 29.0 Å². The van der Waals surface area contributed by atoms with Gasteiger partial charge in [0.05, 0.1) is 12.6 Å². The third-order valence-electron chi connectivity index (χ3n) is 6.28. The Morgan fingerprint density at radius 3 is 2.55 bits per heavy atom. The highest BCUT2D eigenvalue weighted by atomic mass is 32.2. The van der Waals surface area contributed by atoms with Gasteiger partial charge in [-0.1, -0.05) is 13.0 Å². The predicted molar refractivity (Wildman–Crippen MR) is 141 cm³/mol. The average Bonchev–Trinajstić information content (AvgIpc) is 3.09. The Bertz CT molecular complexity index is 1490. The second-order valence-corrected chi connectivity index (χ2v) is 11.1. The normalized spacial score (nSPS) is 14.2. The van der Waals surface area contributed by atoms with Crippen LogP contribution in [0.25, 0.3) is 11.1 Å². The van der Waals surface area contributed by atoms with Crippen molar-refractivity contribution in [2.45, 2.75) is 37.8 Å². The lowest BCUT2D eigenvalue weighted by Crippen LogP contribution is -2.33. The van der Waals surface area contributed by atoms with Crippen LogP contribution in [-0.2, 0) is 27.6 Å². The van der Waals surface area contributed by atoms with Crippen molar-refractivity contribution in [2.75, 3.05) is 24.7 Å². The molecule has 0 fully saturated rings. The third-order valence-corrected chi connectivity index (χ3v) is 7.39. The van der Waals surface area contributed by atoms with Gasteiger partial charge in [-0.2, -0.15) is 0 Å². The summed E-state index contributed by atoms with van der Waals surface area (Å²) in [7, 11) is -3.77. The van der Waals surface area contributed by atoms with Crippen LogP contribution < -0.4 is 15.8 Å². The van der Waals surface area contributed by atoms with E-state index in [0.29, 0.717) is 11.6 Å². The monoisotopic (exact) mass is 540 g/mol. The number of amides is 2. The van der Waals surface area contributed by atoms with Gasteiger partial charge in [0.15, 0.2) is 9.84 Å². The summed E-state index contributed by atoms with van der Waals surface area (Å²) < 4.78 is 44.8. The predicted octanol–water partition coefficient (Wildman–Crippen LogP) is 3.17. The van der Waals surface area contributed by atoms with Crippen LogP contribution in [0.15, 0.2) is 53.6 Å². The van der Waals surface area contributed by atoms with E-state index in [1.54, 1.807) is 31.0 Å². The number of nitrogens with two attached hydrogens (primary N) is 1. The standard InChI is InChI=1S/C27H29FN4O5S/c1-4-20-21(7-9-23(25(20)28)38(3,35)36)27(34)32-11-12-37-22-8-5-17(13-19(22)15-32)18-6-10-24(30-14-18)31-26(33)16(2)29/h5-10,13-14,16H,4,11-12,15,29H2,1-3H3,(H,30,31,33)/t16-/m1/s1. The van der Waals surface area contributed by atoms with Gasteiger partial charge >= 0.3 is 0 Å². The van der Waals surface area contributed by atoms with Crippen LogP contribution in [0.2, 0.25) is 0 Å². The van der Waals surface area contributed by atoms with Crippen molar-refractivity contribution in [1.82, 2.24) is 9.88 Å². The second-order valence-electron chi connectivity index (χ2n) is 9.14. The quantitative estimate of drug-likeness (QED) is 0.491. The fourth-order valence-electron chi connectivity index (χ4n) is 4.23. The molecule has 0 saturated heterocycles. The van der Waals surface area contributed by atoms with Gasteiger partial charge in [0.2, 0.25) is 5.91 Å². The molecule has 11 heteroatoms. The molecular formula is C27H29FN4O5S. The number of pyridine rings is 1. The number of hydrogen-bond donors (Lipinski definition) is 2. The van der Waals surface area contributed by atoms with Crippen LogP contribution in [0.3, 0.4) is 0 Å². The number of ether oxygens (including phenoxy) is 1. The summed E-state index contributed by atoms with van der Waals surface area (Å²) in [5.74, 6) is -0.616. The summed E-state index contributed by atoms with van der Waals surface area (Å²) in [6.45, 7) is 4.00. The topological polar surface area (TPSA) is 132 Å². The first-order valence-corrected chi connectivity index (χ1v) is 14.0. The summed E-state index contributed by atoms with van der Waals surface area (Å²) in [6.07, 6.45) is 2.72. The number of sulfone groups is 1. The molecule has 0 saturated carbocycles. The largest absolute Gasteiger partial charge is 0.491 e. The highest BCUT2D eigenvalue weighted by molar-refractivity contribution is 7.90. The third kappa shape index (κ3) is 5.68. The van der Waals surface area contributed by atoms with Crippen molar-refractivity contribution in [2.24, 2.45) is 5.73 Å². The second kappa shape index (κ2) is 10.9. The Morgan fingerprint density at radius 1 is 1.18 bits per heavy atom. The van der Waals surface area contributed by atoms with E-state index in [9.17, 15) is 18.0 Å². The van der Waals surface area contributed by atoms with Crippen LogP contribution in [0.5, 0.6) is 5.75 Å². The van der Waals surface area contributed by atoms with Crippen molar-refractivity contribution in [1.29, 1.82) is 0 Å². The maximum absolute atomic E-state index is 15.0. The SMILES string of the molecule is CCc1c(C(=O)N2CCOc3ccc(-c4ccc(NC(=O)[C@@H](C)N)nc4)cc3C2)ccc(S(C)(=O)=O)c1F. The minimum atomic E-state index is -3.77. The molecule has 0 unspecified atom stereocenters. The lowest BCUT2D eigenvalue weighted by Gasteiger charge is -2.22. The molecule has 0 radical (unpaired) electrons. The molecule has 1 atom stereocenters. The van der Waals surface area contributed by atoms with E-state index in [1.165, 1.54) is 6.07 Å². The van der Waals surface area contributed by atoms with Crippen LogP contribution in [0.1, 0.15) is 35.3 Å². The zero-order chi connectivity index (χ0) is 27.6. The smallest absolute Gasteiger partial charge is 0.254 e. The number of fused-ring (bicyclic) bond motifs is 1. The number of nitrogens with zero attached hydrogens (tertiary/aromatic N) is 2. The minimum absolute atomic E-state index is 0.0688. The molecule has 3 aromatic rings. The van der Waals surface area contributed by atoms with Crippen molar-refractivity contribution >= 4 is 27.5 Å². The van der Waals surface area contributed by atoms with Crippen LogP contribution in [0.4, 0.5) is 10.2 Å². The van der Waals surface area contributed by atoms with E-state index in [-0.39, 0.29) is 43.2 Å². The molecule has 1 aromatic heterocycles. The maximum atomic E-state index is 15.0. The number of carbonyl (C=O) groups is 2. The molecule has 2 heterocycles. The first kappa shape index (κ1) is 27.2. The number of carbonyl (C=O) groups excluding carboxylic acids is 2. The van der Waals surface area contributed by atoms with Crippen LogP contribution in [0, 0.1) is 5.82 Å². The molecule has 2 amide bonds. The number of benzene rings is 2. The average molecular weight is 541 g/mol. The molecule has 3 N–H and O–H groups in total. The Hall–Kier alpha value is -3.83. The first-order chi connectivity index (χ1) is 18.0. The maximum Gasteiger partial charge on any atom is 0.254 e. The summed E-state index contributed by atoms with van der Waals surface area (Å²) in [4.78, 5) is 30.7. The van der Waals surface area contributed by atoms with Gasteiger partial charge in [-0.15, -0.1) is 0 Å². The Labute approximate surface area is 220 Å². The van der Waals surface area contributed by atoms with Gasteiger partial charge in [-0.05, 0) is 55.3 Å². The molecule has 2 aromatic carbocycles. The van der Waals surface area contributed by atoms with Crippen LogP contribution in [-0.4, -0.2) is 55.6 Å². The summed E-state index contributed by atoms with van der Waals surface area (Å²) in [5, 5.41) is 2.64. The van der Waals surface area contributed by atoms with Gasteiger partial charge in [0, 0.05) is 41.3 Å². The number of halogens is 1. The number of anilines is 1. The number of aromatic nitrogens is 1. The van der Waals surface area contributed by atoms with E-state index in [1.807, 2.05) is 24.3 Å². The van der Waals surface area contributed by atoms with Gasteiger partial charge < -0.3 is 20.7 Å². The molecule has 9 nitrogen and oxygen atoms in total. The Kier molecular flexibility index (Phi) is 7.79. The van der Waals surface area contributed by atoms with Gasteiger partial charge in [-0.3, -0.25) is 9.59 Å². The van der Waals surface area contributed by atoms with E-state index < -0.39 is 32.5 Å². The lowest BCUT2D eigenvalue weighted by molar-refractivity contribution is -0.117. The fourth-order valence-corrected chi connectivity index (χ4v) is 4.99.